The van der Waals surface area contributed by atoms with Crippen LogP contribution in [-0.2, 0) is 20.9 Å². The van der Waals surface area contributed by atoms with Crippen LogP contribution in [-0.4, -0.2) is 62.6 Å². The Balaban J connectivity index is 1.60. The Bertz CT molecular complexity index is 630. The molecule has 3 N–H and O–H groups in total. The molecular formula is C20H30N4O4. The van der Waals surface area contributed by atoms with Gasteiger partial charge in [-0.3, -0.25) is 19.8 Å². The Labute approximate surface area is 166 Å². The summed E-state index contributed by atoms with van der Waals surface area (Å²) in [5, 5.41) is 7.94. The maximum absolute atomic E-state index is 12.1. The predicted molar refractivity (Wildman–Crippen MR) is 105 cm³/mol. The molecule has 0 unspecified atom stereocenters. The number of rotatable bonds is 9. The fraction of sp³-hybridized carbons (Fsp3) is 0.550. The van der Waals surface area contributed by atoms with Gasteiger partial charge in [0, 0.05) is 32.7 Å². The van der Waals surface area contributed by atoms with E-state index in [1.165, 1.54) is 0 Å². The van der Waals surface area contributed by atoms with Crippen molar-refractivity contribution in [2.24, 2.45) is 5.92 Å². The molecule has 4 amide bonds. The molecule has 154 valence electrons. The summed E-state index contributed by atoms with van der Waals surface area (Å²) in [6.07, 6.45) is 2.22. The first-order valence-corrected chi connectivity index (χ1v) is 9.69. The maximum Gasteiger partial charge on any atom is 0.321 e. The molecule has 8 heteroatoms. The lowest BCUT2D eigenvalue weighted by molar-refractivity contribution is -0.126. The van der Waals surface area contributed by atoms with Crippen molar-refractivity contribution in [3.05, 3.63) is 35.9 Å². The first-order chi connectivity index (χ1) is 13.6. The summed E-state index contributed by atoms with van der Waals surface area (Å²) in [5.41, 5.74) is 0.965. The fourth-order valence-corrected chi connectivity index (χ4v) is 3.12. The number of carbonyl (C=O) groups is 3. The predicted octanol–water partition coefficient (Wildman–Crippen LogP) is 0.877. The van der Waals surface area contributed by atoms with E-state index in [2.05, 4.69) is 16.0 Å². The van der Waals surface area contributed by atoms with Crippen molar-refractivity contribution in [3.63, 3.8) is 0 Å². The standard InChI is InChI=1S/C20H30N4O4/c1-28-13-5-10-21-19(26)17-8-11-24(12-9-17)15-18(25)23-20(27)22-14-16-6-3-2-4-7-16/h2-4,6-7,17H,5,8-15H2,1H3,(H,21,26)(H2,22,23,25,27). The Morgan fingerprint density at radius 3 is 2.50 bits per heavy atom. The van der Waals surface area contributed by atoms with E-state index in [0.717, 1.165) is 12.0 Å². The Morgan fingerprint density at radius 1 is 1.11 bits per heavy atom. The highest BCUT2D eigenvalue weighted by molar-refractivity contribution is 5.95. The lowest BCUT2D eigenvalue weighted by atomic mass is 9.96. The minimum atomic E-state index is -0.501. The SMILES string of the molecule is COCCCNC(=O)C1CCN(CC(=O)NC(=O)NCc2ccccc2)CC1. The number of nitrogens with zero attached hydrogens (tertiary/aromatic N) is 1. The van der Waals surface area contributed by atoms with E-state index >= 15 is 0 Å². The highest BCUT2D eigenvalue weighted by Gasteiger charge is 2.25. The molecule has 0 aliphatic carbocycles. The van der Waals surface area contributed by atoms with Gasteiger partial charge in [0.15, 0.2) is 0 Å². The first-order valence-electron chi connectivity index (χ1n) is 9.69. The van der Waals surface area contributed by atoms with Crippen molar-refractivity contribution in [1.82, 2.24) is 20.9 Å². The highest BCUT2D eigenvalue weighted by Crippen LogP contribution is 2.17. The molecule has 0 saturated carbocycles. The fourth-order valence-electron chi connectivity index (χ4n) is 3.12. The molecule has 1 saturated heterocycles. The summed E-state index contributed by atoms with van der Waals surface area (Å²) >= 11 is 0. The zero-order valence-electron chi connectivity index (χ0n) is 16.4. The van der Waals surface area contributed by atoms with Crippen LogP contribution in [0.4, 0.5) is 4.79 Å². The lowest BCUT2D eigenvalue weighted by Crippen LogP contribution is -2.47. The van der Waals surface area contributed by atoms with Crippen molar-refractivity contribution in [2.75, 3.05) is 39.9 Å². The normalized spacial score (nSPS) is 15.0. The Hall–Kier alpha value is -2.45. The number of ether oxygens (including phenoxy) is 1. The number of piperidine rings is 1. The number of hydrogen-bond acceptors (Lipinski definition) is 5. The van der Waals surface area contributed by atoms with Crippen LogP contribution in [0.1, 0.15) is 24.8 Å². The van der Waals surface area contributed by atoms with Crippen LogP contribution >= 0.6 is 0 Å². The van der Waals surface area contributed by atoms with E-state index in [4.69, 9.17) is 4.74 Å². The number of carbonyl (C=O) groups excluding carboxylic acids is 3. The van der Waals surface area contributed by atoms with Gasteiger partial charge in [0.2, 0.25) is 11.8 Å². The molecule has 2 rings (SSSR count). The number of benzene rings is 1. The molecule has 0 radical (unpaired) electrons. The van der Waals surface area contributed by atoms with Crippen molar-refractivity contribution < 1.29 is 19.1 Å². The average Bonchev–Trinajstić information content (AvgIpc) is 2.71. The second-order valence-corrected chi connectivity index (χ2v) is 6.90. The minimum absolute atomic E-state index is 0.0176. The van der Waals surface area contributed by atoms with E-state index in [9.17, 15) is 14.4 Å². The van der Waals surface area contributed by atoms with Crippen LogP contribution in [0.3, 0.4) is 0 Å². The third-order valence-electron chi connectivity index (χ3n) is 4.70. The Morgan fingerprint density at radius 2 is 1.82 bits per heavy atom. The zero-order valence-corrected chi connectivity index (χ0v) is 16.4. The molecule has 0 atom stereocenters. The van der Waals surface area contributed by atoms with E-state index in [0.29, 0.717) is 45.6 Å². The first kappa shape index (κ1) is 21.8. The van der Waals surface area contributed by atoms with Crippen LogP contribution in [0.25, 0.3) is 0 Å². The minimum Gasteiger partial charge on any atom is -0.385 e. The molecule has 1 heterocycles. The lowest BCUT2D eigenvalue weighted by Gasteiger charge is -2.30. The molecular weight excluding hydrogens is 360 g/mol. The summed E-state index contributed by atoms with van der Waals surface area (Å²) < 4.78 is 4.96. The summed E-state index contributed by atoms with van der Waals surface area (Å²) in [7, 11) is 1.64. The Kier molecular flexibility index (Phi) is 9.44. The third-order valence-corrected chi connectivity index (χ3v) is 4.70. The van der Waals surface area contributed by atoms with E-state index in [-0.39, 0.29) is 24.3 Å². The van der Waals surface area contributed by atoms with Gasteiger partial charge in [0.05, 0.1) is 6.54 Å². The van der Waals surface area contributed by atoms with Gasteiger partial charge in [-0.1, -0.05) is 30.3 Å². The average molecular weight is 390 g/mol. The van der Waals surface area contributed by atoms with Crippen molar-refractivity contribution in [3.8, 4) is 0 Å². The van der Waals surface area contributed by atoms with Gasteiger partial charge in [-0.15, -0.1) is 0 Å². The van der Waals surface area contributed by atoms with Gasteiger partial charge in [-0.05, 0) is 37.9 Å². The molecule has 1 aromatic rings. The van der Waals surface area contributed by atoms with Crippen molar-refractivity contribution >= 4 is 17.8 Å². The van der Waals surface area contributed by atoms with Gasteiger partial charge in [0.25, 0.3) is 0 Å². The number of imide groups is 1. The van der Waals surface area contributed by atoms with E-state index in [1.807, 2.05) is 35.2 Å². The van der Waals surface area contributed by atoms with Crippen LogP contribution in [0.2, 0.25) is 0 Å². The van der Waals surface area contributed by atoms with Crippen LogP contribution in [0.5, 0.6) is 0 Å². The number of urea groups is 1. The molecule has 1 aromatic carbocycles. The third kappa shape index (κ3) is 8.06. The smallest absolute Gasteiger partial charge is 0.321 e. The van der Waals surface area contributed by atoms with E-state index < -0.39 is 6.03 Å². The van der Waals surface area contributed by atoms with Gasteiger partial charge >= 0.3 is 6.03 Å². The molecule has 1 aliphatic heterocycles. The summed E-state index contributed by atoms with van der Waals surface area (Å²) in [6, 6.07) is 8.99. The molecule has 0 aromatic heterocycles. The molecule has 8 nitrogen and oxygen atoms in total. The number of likely N-dealkylation sites (tertiary alicyclic amines) is 1. The monoisotopic (exact) mass is 390 g/mol. The second-order valence-electron chi connectivity index (χ2n) is 6.90. The van der Waals surface area contributed by atoms with Gasteiger partial charge < -0.3 is 15.4 Å². The largest absolute Gasteiger partial charge is 0.385 e. The summed E-state index contributed by atoms with van der Waals surface area (Å²) in [4.78, 5) is 38.0. The maximum atomic E-state index is 12.1. The molecule has 1 fully saturated rings. The molecule has 0 bridgehead atoms. The van der Waals surface area contributed by atoms with Crippen molar-refractivity contribution in [2.45, 2.75) is 25.8 Å². The summed E-state index contributed by atoms with van der Waals surface area (Å²) in [5.74, 6) is -0.287. The highest BCUT2D eigenvalue weighted by atomic mass is 16.5. The van der Waals surface area contributed by atoms with Crippen LogP contribution in [0, 0.1) is 5.92 Å². The number of methoxy groups -OCH3 is 1. The van der Waals surface area contributed by atoms with Crippen LogP contribution in [0.15, 0.2) is 30.3 Å². The quantitative estimate of drug-likeness (QED) is 0.544. The zero-order chi connectivity index (χ0) is 20.2. The van der Waals surface area contributed by atoms with Gasteiger partial charge in [-0.25, -0.2) is 4.79 Å². The molecule has 0 spiro atoms. The summed E-state index contributed by atoms with van der Waals surface area (Å²) in [6.45, 7) is 3.09. The van der Waals surface area contributed by atoms with Gasteiger partial charge in [-0.2, -0.15) is 0 Å². The topological polar surface area (TPSA) is 99.8 Å². The number of amides is 4. The van der Waals surface area contributed by atoms with Crippen LogP contribution < -0.4 is 16.0 Å². The molecule has 28 heavy (non-hydrogen) atoms. The number of nitrogens with one attached hydrogen (secondary N) is 3. The van der Waals surface area contributed by atoms with E-state index in [1.54, 1.807) is 7.11 Å². The molecule has 1 aliphatic rings. The second kappa shape index (κ2) is 12.1. The van der Waals surface area contributed by atoms with Gasteiger partial charge in [0.1, 0.15) is 0 Å². The number of hydrogen-bond donors (Lipinski definition) is 3. The van der Waals surface area contributed by atoms with Crippen molar-refractivity contribution in [1.29, 1.82) is 0 Å².